The average Bonchev–Trinajstić information content (AvgIpc) is 2.60. The van der Waals surface area contributed by atoms with Crippen LogP contribution in [0.3, 0.4) is 0 Å². The van der Waals surface area contributed by atoms with E-state index in [0.29, 0.717) is 0 Å². The number of hydrogen-bond acceptors (Lipinski definition) is 2. The molecule has 0 spiro atoms. The standard InChI is InChI=1S/C16H26NO/c1-4-12-17-13-8-6-7-9-16(17)11-10-15(3)18-14-5-2/h6-9,13H,4-5,10-12,14H2,1-3H3. The lowest BCUT2D eigenvalue weighted by Crippen LogP contribution is -2.17. The Labute approximate surface area is 112 Å². The Kier molecular flexibility index (Phi) is 7.51. The fourth-order valence-corrected chi connectivity index (χ4v) is 1.91. The zero-order valence-electron chi connectivity index (χ0n) is 12.0. The third-order valence-corrected chi connectivity index (χ3v) is 2.90. The summed E-state index contributed by atoms with van der Waals surface area (Å²) in [6.45, 7) is 8.36. The molecular weight excluding hydrogens is 222 g/mol. The third-order valence-electron chi connectivity index (χ3n) is 2.90. The lowest BCUT2D eigenvalue weighted by molar-refractivity contribution is 0.141. The van der Waals surface area contributed by atoms with Crippen LogP contribution in [-0.4, -0.2) is 18.1 Å². The van der Waals surface area contributed by atoms with Gasteiger partial charge in [0.15, 0.2) is 0 Å². The first-order chi connectivity index (χ1) is 8.77. The molecule has 2 nitrogen and oxygen atoms in total. The Morgan fingerprint density at radius 2 is 2.00 bits per heavy atom. The summed E-state index contributed by atoms with van der Waals surface area (Å²) in [5.41, 5.74) is 1.38. The quantitative estimate of drug-likeness (QED) is 0.630. The molecule has 1 aliphatic rings. The Morgan fingerprint density at radius 3 is 2.72 bits per heavy atom. The van der Waals surface area contributed by atoms with E-state index >= 15 is 0 Å². The summed E-state index contributed by atoms with van der Waals surface area (Å²) in [4.78, 5) is 2.34. The van der Waals surface area contributed by atoms with Crippen LogP contribution in [0.5, 0.6) is 0 Å². The van der Waals surface area contributed by atoms with Gasteiger partial charge in [-0.3, -0.25) is 0 Å². The van der Waals surface area contributed by atoms with E-state index in [4.69, 9.17) is 4.74 Å². The van der Waals surface area contributed by atoms with Gasteiger partial charge in [0.1, 0.15) is 0 Å². The minimum atomic E-state index is 0.837. The number of ether oxygens (including phenoxy) is 1. The van der Waals surface area contributed by atoms with Gasteiger partial charge < -0.3 is 9.64 Å². The van der Waals surface area contributed by atoms with E-state index in [1.165, 1.54) is 5.70 Å². The number of hydrogen-bond donors (Lipinski definition) is 0. The predicted octanol–water partition coefficient (Wildman–Crippen LogP) is 4.42. The second kappa shape index (κ2) is 8.98. The normalized spacial score (nSPS) is 15.1. The molecule has 0 saturated carbocycles. The van der Waals surface area contributed by atoms with Crippen molar-refractivity contribution >= 4 is 0 Å². The van der Waals surface area contributed by atoms with Crippen LogP contribution in [0.4, 0.5) is 0 Å². The zero-order chi connectivity index (χ0) is 13.2. The molecule has 0 fully saturated rings. The largest absolute Gasteiger partial charge is 0.372 e. The molecule has 1 aliphatic heterocycles. The maximum Gasteiger partial charge on any atom is 0.0943 e. The first-order valence-corrected chi connectivity index (χ1v) is 7.03. The molecule has 0 N–H and O–H groups in total. The van der Waals surface area contributed by atoms with E-state index < -0.39 is 0 Å². The van der Waals surface area contributed by atoms with E-state index in [0.717, 1.165) is 44.9 Å². The Bertz CT molecular complexity index is 304. The Hall–Kier alpha value is -1.02. The minimum absolute atomic E-state index is 0.837. The zero-order valence-corrected chi connectivity index (χ0v) is 12.0. The van der Waals surface area contributed by atoms with Crippen LogP contribution < -0.4 is 0 Å². The van der Waals surface area contributed by atoms with Gasteiger partial charge in [-0.05, 0) is 44.8 Å². The highest BCUT2D eigenvalue weighted by Gasteiger charge is 2.10. The summed E-state index contributed by atoms with van der Waals surface area (Å²) in [5, 5.41) is 0. The third kappa shape index (κ3) is 5.54. The maximum atomic E-state index is 5.64. The molecule has 0 atom stereocenters. The average molecular weight is 248 g/mol. The first-order valence-electron chi connectivity index (χ1n) is 7.03. The van der Waals surface area contributed by atoms with Crippen LogP contribution >= 0.6 is 0 Å². The summed E-state index contributed by atoms with van der Waals surface area (Å²) in [7, 11) is 0. The van der Waals surface area contributed by atoms with Crippen molar-refractivity contribution in [1.82, 2.24) is 4.90 Å². The van der Waals surface area contributed by atoms with E-state index in [1.54, 1.807) is 0 Å². The van der Waals surface area contributed by atoms with Gasteiger partial charge in [-0.15, -0.1) is 0 Å². The molecule has 1 radical (unpaired) electrons. The van der Waals surface area contributed by atoms with Crippen LogP contribution in [0, 0.1) is 6.10 Å². The van der Waals surface area contributed by atoms with Gasteiger partial charge in [-0.1, -0.05) is 26.0 Å². The van der Waals surface area contributed by atoms with Crippen LogP contribution in [0.2, 0.25) is 0 Å². The van der Waals surface area contributed by atoms with Crippen molar-refractivity contribution in [2.45, 2.75) is 46.5 Å². The first kappa shape index (κ1) is 15.0. The molecule has 2 heteroatoms. The lowest BCUT2D eigenvalue weighted by atomic mass is 10.1. The van der Waals surface area contributed by atoms with E-state index in [-0.39, 0.29) is 0 Å². The summed E-state index contributed by atoms with van der Waals surface area (Å²) >= 11 is 0. The summed E-state index contributed by atoms with van der Waals surface area (Å²) in [6.07, 6.45) is 16.1. The highest BCUT2D eigenvalue weighted by Crippen LogP contribution is 2.20. The highest BCUT2D eigenvalue weighted by atomic mass is 16.5. The Morgan fingerprint density at radius 1 is 1.17 bits per heavy atom. The SMILES string of the molecule is CCCO[C](C)CCC1=CC=CC=CN1CCC. The Balaban J connectivity index is 2.44. The van der Waals surface area contributed by atoms with E-state index in [9.17, 15) is 0 Å². The van der Waals surface area contributed by atoms with Gasteiger partial charge in [0.05, 0.1) is 6.10 Å². The van der Waals surface area contributed by atoms with Crippen LogP contribution in [0.25, 0.3) is 0 Å². The number of allylic oxidation sites excluding steroid dienone is 5. The summed E-state index contributed by atoms with van der Waals surface area (Å²) in [5.74, 6) is 0. The molecule has 0 unspecified atom stereocenters. The second-order valence-electron chi connectivity index (χ2n) is 4.63. The molecule has 0 bridgehead atoms. The molecule has 1 rings (SSSR count). The summed E-state index contributed by atoms with van der Waals surface area (Å²) < 4.78 is 5.64. The summed E-state index contributed by atoms with van der Waals surface area (Å²) in [6, 6.07) is 0. The number of nitrogens with zero attached hydrogens (tertiary/aromatic N) is 1. The van der Waals surface area contributed by atoms with Gasteiger partial charge >= 0.3 is 0 Å². The molecule has 0 aromatic rings. The van der Waals surface area contributed by atoms with Crippen molar-refractivity contribution in [1.29, 1.82) is 0 Å². The monoisotopic (exact) mass is 248 g/mol. The van der Waals surface area contributed by atoms with E-state index in [1.807, 2.05) is 0 Å². The maximum absolute atomic E-state index is 5.64. The molecule has 0 amide bonds. The molecule has 101 valence electrons. The van der Waals surface area contributed by atoms with Crippen molar-refractivity contribution in [3.8, 4) is 0 Å². The molecule has 0 aliphatic carbocycles. The van der Waals surface area contributed by atoms with Gasteiger partial charge in [-0.2, -0.15) is 0 Å². The molecule has 18 heavy (non-hydrogen) atoms. The molecule has 0 aromatic carbocycles. The molecule has 0 saturated heterocycles. The van der Waals surface area contributed by atoms with Crippen molar-refractivity contribution in [3.05, 3.63) is 42.3 Å². The van der Waals surface area contributed by atoms with Crippen molar-refractivity contribution in [2.24, 2.45) is 0 Å². The highest BCUT2D eigenvalue weighted by molar-refractivity contribution is 5.22. The van der Waals surface area contributed by atoms with Gasteiger partial charge in [-0.25, -0.2) is 0 Å². The van der Waals surface area contributed by atoms with Crippen LogP contribution in [0.15, 0.2) is 36.2 Å². The second-order valence-corrected chi connectivity index (χ2v) is 4.63. The van der Waals surface area contributed by atoms with E-state index in [2.05, 4.69) is 56.2 Å². The van der Waals surface area contributed by atoms with Gasteiger partial charge in [0, 0.05) is 25.0 Å². The smallest absolute Gasteiger partial charge is 0.0943 e. The molecule has 1 heterocycles. The fourth-order valence-electron chi connectivity index (χ4n) is 1.91. The topological polar surface area (TPSA) is 12.5 Å². The van der Waals surface area contributed by atoms with Crippen LogP contribution in [0.1, 0.15) is 46.5 Å². The fraction of sp³-hybridized carbons (Fsp3) is 0.562. The van der Waals surface area contributed by atoms with Gasteiger partial charge in [0.2, 0.25) is 0 Å². The van der Waals surface area contributed by atoms with Gasteiger partial charge in [0.25, 0.3) is 0 Å². The van der Waals surface area contributed by atoms with Crippen LogP contribution in [-0.2, 0) is 4.74 Å². The number of rotatable bonds is 8. The van der Waals surface area contributed by atoms with Crippen molar-refractivity contribution < 1.29 is 4.74 Å². The lowest BCUT2D eigenvalue weighted by Gasteiger charge is -2.23. The predicted molar refractivity (Wildman–Crippen MR) is 77.8 cm³/mol. The minimum Gasteiger partial charge on any atom is -0.372 e. The molecule has 0 aromatic heterocycles. The molecular formula is C16H26NO. The van der Waals surface area contributed by atoms with Crippen molar-refractivity contribution in [3.63, 3.8) is 0 Å². The van der Waals surface area contributed by atoms with Crippen molar-refractivity contribution in [2.75, 3.05) is 13.2 Å².